The van der Waals surface area contributed by atoms with Crippen LogP contribution in [-0.2, 0) is 4.79 Å². The number of hydrogen-bond donors (Lipinski definition) is 0. The second-order valence-electron chi connectivity index (χ2n) is 7.63. The number of benzene rings is 2. The summed E-state index contributed by atoms with van der Waals surface area (Å²) in [5, 5.41) is 0. The van der Waals surface area contributed by atoms with Crippen molar-refractivity contribution in [2.75, 3.05) is 51.2 Å². The van der Waals surface area contributed by atoms with Gasteiger partial charge in [-0.05, 0) is 37.7 Å². The first-order chi connectivity index (χ1) is 13.7. The number of para-hydroxylation sites is 2. The molecule has 2 aromatic rings. The van der Waals surface area contributed by atoms with Crippen LogP contribution < -0.4 is 4.90 Å². The number of anilines is 1. The Bertz CT molecular complexity index is 841. The molecular formula is C23H28N4O. The normalized spacial score (nSPS) is 18.5. The predicted octanol–water partition coefficient (Wildman–Crippen LogP) is 3.18. The summed E-state index contributed by atoms with van der Waals surface area (Å²) in [4.78, 5) is 24.8. The summed E-state index contributed by atoms with van der Waals surface area (Å²) in [7, 11) is 2.18. The van der Waals surface area contributed by atoms with E-state index in [0.717, 1.165) is 68.3 Å². The third-order valence-electron chi connectivity index (χ3n) is 5.61. The van der Waals surface area contributed by atoms with Crippen LogP contribution in [0.3, 0.4) is 0 Å². The maximum atomic E-state index is 13.1. The van der Waals surface area contributed by atoms with Crippen molar-refractivity contribution in [3.63, 3.8) is 0 Å². The van der Waals surface area contributed by atoms with Crippen LogP contribution >= 0.6 is 0 Å². The zero-order chi connectivity index (χ0) is 19.3. The number of carbonyl (C=O) groups is 1. The molecule has 0 aliphatic carbocycles. The van der Waals surface area contributed by atoms with Gasteiger partial charge in [0.2, 0.25) is 5.91 Å². The van der Waals surface area contributed by atoms with E-state index in [9.17, 15) is 4.79 Å². The van der Waals surface area contributed by atoms with Crippen molar-refractivity contribution in [3.05, 3.63) is 60.2 Å². The SMILES string of the molecule is CN1CCN(CCCN2C(=O)CC(c3ccccc3)=Nc3ccccc32)CC1. The van der Waals surface area contributed by atoms with Crippen molar-refractivity contribution in [2.45, 2.75) is 12.8 Å². The Morgan fingerprint density at radius 3 is 2.39 bits per heavy atom. The molecule has 146 valence electrons. The smallest absolute Gasteiger partial charge is 0.233 e. The van der Waals surface area contributed by atoms with E-state index in [4.69, 9.17) is 4.99 Å². The molecule has 1 fully saturated rings. The summed E-state index contributed by atoms with van der Waals surface area (Å²) >= 11 is 0. The fourth-order valence-electron chi connectivity index (χ4n) is 3.91. The van der Waals surface area contributed by atoms with E-state index in [1.165, 1.54) is 0 Å². The van der Waals surface area contributed by atoms with Gasteiger partial charge in [-0.15, -0.1) is 0 Å². The van der Waals surface area contributed by atoms with Gasteiger partial charge in [0, 0.05) is 32.7 Å². The molecule has 0 spiro atoms. The molecule has 2 heterocycles. The van der Waals surface area contributed by atoms with Crippen molar-refractivity contribution in [3.8, 4) is 0 Å². The topological polar surface area (TPSA) is 39.1 Å². The van der Waals surface area contributed by atoms with Crippen LogP contribution in [0.25, 0.3) is 0 Å². The number of nitrogens with zero attached hydrogens (tertiary/aromatic N) is 4. The molecule has 5 heteroatoms. The van der Waals surface area contributed by atoms with E-state index in [2.05, 4.69) is 16.8 Å². The summed E-state index contributed by atoms with van der Waals surface area (Å²) in [6.45, 7) is 6.25. The number of fused-ring (bicyclic) bond motifs is 1. The molecule has 2 aliphatic heterocycles. The van der Waals surface area contributed by atoms with Gasteiger partial charge in [-0.25, -0.2) is 0 Å². The zero-order valence-corrected chi connectivity index (χ0v) is 16.6. The van der Waals surface area contributed by atoms with Gasteiger partial charge in [-0.3, -0.25) is 9.79 Å². The van der Waals surface area contributed by atoms with Gasteiger partial charge in [0.25, 0.3) is 0 Å². The molecule has 0 radical (unpaired) electrons. The first-order valence-electron chi connectivity index (χ1n) is 10.1. The number of hydrogen-bond acceptors (Lipinski definition) is 4. The second-order valence-corrected chi connectivity index (χ2v) is 7.63. The van der Waals surface area contributed by atoms with Crippen LogP contribution in [0.5, 0.6) is 0 Å². The average Bonchev–Trinajstić information content (AvgIpc) is 2.87. The molecule has 1 amide bonds. The molecule has 0 unspecified atom stereocenters. The van der Waals surface area contributed by atoms with Crippen LogP contribution in [-0.4, -0.2) is 67.7 Å². The fraction of sp³-hybridized carbons (Fsp3) is 0.391. The maximum absolute atomic E-state index is 13.1. The summed E-state index contributed by atoms with van der Waals surface area (Å²) < 4.78 is 0. The Kier molecular flexibility index (Phi) is 5.84. The standard InChI is InChI=1S/C23H28N4O/c1-25-14-16-26(17-15-25)12-7-13-27-22-11-6-5-10-20(22)24-21(18-23(27)28)19-8-3-2-4-9-19/h2-6,8-11H,7,12-18H2,1H3. The number of rotatable bonds is 5. The molecule has 2 aromatic carbocycles. The van der Waals surface area contributed by atoms with E-state index in [1.54, 1.807) is 0 Å². The van der Waals surface area contributed by atoms with Gasteiger partial charge >= 0.3 is 0 Å². The lowest BCUT2D eigenvalue weighted by Gasteiger charge is -2.33. The number of carbonyl (C=O) groups excluding carboxylic acids is 1. The van der Waals surface area contributed by atoms with Crippen molar-refractivity contribution in [2.24, 2.45) is 4.99 Å². The summed E-state index contributed by atoms with van der Waals surface area (Å²) in [6.07, 6.45) is 1.32. The molecule has 0 bridgehead atoms. The Morgan fingerprint density at radius 1 is 0.893 bits per heavy atom. The quantitative estimate of drug-likeness (QED) is 0.805. The molecule has 2 aliphatic rings. The molecule has 0 N–H and O–H groups in total. The molecule has 1 saturated heterocycles. The highest BCUT2D eigenvalue weighted by Gasteiger charge is 2.24. The lowest BCUT2D eigenvalue weighted by atomic mass is 10.1. The lowest BCUT2D eigenvalue weighted by Crippen LogP contribution is -2.45. The molecule has 0 aromatic heterocycles. The van der Waals surface area contributed by atoms with Crippen LogP contribution in [0.15, 0.2) is 59.6 Å². The highest BCUT2D eigenvalue weighted by Crippen LogP contribution is 2.33. The first kappa shape index (κ1) is 18.8. The number of aliphatic imine (C=N–C) groups is 1. The molecule has 0 saturated carbocycles. The Morgan fingerprint density at radius 2 is 1.61 bits per heavy atom. The minimum Gasteiger partial charge on any atom is -0.310 e. The van der Waals surface area contributed by atoms with Crippen LogP contribution in [0, 0.1) is 0 Å². The van der Waals surface area contributed by atoms with Gasteiger partial charge < -0.3 is 14.7 Å². The van der Waals surface area contributed by atoms with Crippen LogP contribution in [0.4, 0.5) is 11.4 Å². The van der Waals surface area contributed by atoms with E-state index in [0.29, 0.717) is 6.42 Å². The maximum Gasteiger partial charge on any atom is 0.233 e. The number of piperazine rings is 1. The minimum atomic E-state index is 0.130. The van der Waals surface area contributed by atoms with Crippen molar-refractivity contribution >= 4 is 23.0 Å². The molecule has 0 atom stereocenters. The van der Waals surface area contributed by atoms with E-state index in [-0.39, 0.29) is 5.91 Å². The third kappa shape index (κ3) is 4.32. The van der Waals surface area contributed by atoms with Gasteiger partial charge in [0.15, 0.2) is 0 Å². The van der Waals surface area contributed by atoms with E-state index in [1.807, 2.05) is 59.5 Å². The van der Waals surface area contributed by atoms with E-state index < -0.39 is 0 Å². The average molecular weight is 377 g/mol. The largest absolute Gasteiger partial charge is 0.310 e. The van der Waals surface area contributed by atoms with Crippen molar-refractivity contribution < 1.29 is 4.79 Å². The number of amides is 1. The van der Waals surface area contributed by atoms with Gasteiger partial charge in [-0.1, -0.05) is 42.5 Å². The summed E-state index contributed by atoms with van der Waals surface area (Å²) in [5.41, 5.74) is 3.67. The summed E-state index contributed by atoms with van der Waals surface area (Å²) in [5.74, 6) is 0.130. The Hall–Kier alpha value is -2.50. The Labute approximate surface area is 167 Å². The predicted molar refractivity (Wildman–Crippen MR) is 115 cm³/mol. The van der Waals surface area contributed by atoms with Gasteiger partial charge in [0.05, 0.1) is 23.5 Å². The number of likely N-dealkylation sites (N-methyl/N-ethyl adjacent to an activating group) is 1. The monoisotopic (exact) mass is 376 g/mol. The molecule has 5 nitrogen and oxygen atoms in total. The fourth-order valence-corrected chi connectivity index (χ4v) is 3.91. The summed E-state index contributed by atoms with van der Waals surface area (Å²) in [6, 6.07) is 18.0. The zero-order valence-electron chi connectivity index (χ0n) is 16.6. The van der Waals surface area contributed by atoms with Crippen LogP contribution in [0.2, 0.25) is 0 Å². The molecule has 4 rings (SSSR count). The van der Waals surface area contributed by atoms with Crippen LogP contribution in [0.1, 0.15) is 18.4 Å². The van der Waals surface area contributed by atoms with Gasteiger partial charge in [-0.2, -0.15) is 0 Å². The van der Waals surface area contributed by atoms with Gasteiger partial charge in [0.1, 0.15) is 0 Å². The van der Waals surface area contributed by atoms with Crippen molar-refractivity contribution in [1.29, 1.82) is 0 Å². The molecule has 28 heavy (non-hydrogen) atoms. The first-order valence-corrected chi connectivity index (χ1v) is 10.1. The Balaban J connectivity index is 1.48. The highest BCUT2D eigenvalue weighted by molar-refractivity contribution is 6.17. The lowest BCUT2D eigenvalue weighted by molar-refractivity contribution is -0.117. The third-order valence-corrected chi connectivity index (χ3v) is 5.61. The minimum absolute atomic E-state index is 0.130. The second kappa shape index (κ2) is 8.67. The molecular weight excluding hydrogens is 348 g/mol. The van der Waals surface area contributed by atoms with Crippen molar-refractivity contribution in [1.82, 2.24) is 9.80 Å². The van der Waals surface area contributed by atoms with E-state index >= 15 is 0 Å². The highest BCUT2D eigenvalue weighted by atomic mass is 16.2.